The Morgan fingerprint density at radius 2 is 2.12 bits per heavy atom. The van der Waals surface area contributed by atoms with E-state index in [0.717, 1.165) is 10.5 Å². The number of amides is 3. The van der Waals surface area contributed by atoms with E-state index in [2.05, 4.69) is 15.3 Å². The van der Waals surface area contributed by atoms with Gasteiger partial charge in [-0.25, -0.2) is 14.2 Å². The molecule has 1 atom stereocenters. The molecule has 2 aromatic rings. The van der Waals surface area contributed by atoms with Crippen molar-refractivity contribution in [1.29, 1.82) is 0 Å². The van der Waals surface area contributed by atoms with Crippen LogP contribution in [0.5, 0.6) is 0 Å². The second-order valence-electron chi connectivity index (χ2n) is 7.46. The van der Waals surface area contributed by atoms with Crippen LogP contribution < -0.4 is 10.2 Å². The number of anilines is 1. The molecule has 33 heavy (non-hydrogen) atoms. The fraction of sp³-hybridized carbons (Fsp3) is 0.333. The molecule has 1 saturated heterocycles. The minimum absolute atomic E-state index is 0.00398. The van der Waals surface area contributed by atoms with Gasteiger partial charge >= 0.3 is 12.2 Å². The first-order valence-electron chi connectivity index (χ1n) is 10.0. The maximum Gasteiger partial charge on any atom is 0.435 e. The fourth-order valence-corrected chi connectivity index (χ4v) is 4.44. The second kappa shape index (κ2) is 9.30. The van der Waals surface area contributed by atoms with Crippen LogP contribution in [0.2, 0.25) is 0 Å². The largest absolute Gasteiger partial charge is 0.435 e. The number of halogens is 4. The van der Waals surface area contributed by atoms with Gasteiger partial charge in [0.25, 0.3) is 5.91 Å². The molecule has 2 aromatic heterocycles. The summed E-state index contributed by atoms with van der Waals surface area (Å²) in [4.78, 5) is 34.8. The van der Waals surface area contributed by atoms with Crippen LogP contribution in [0.15, 0.2) is 48.3 Å². The molecule has 1 fully saturated rings. The molecular weight excluding hydrogens is 462 g/mol. The highest BCUT2D eigenvalue weighted by atomic mass is 32.1. The number of nitrogens with one attached hydrogen (secondary N) is 1. The zero-order valence-corrected chi connectivity index (χ0v) is 18.0. The molecule has 3 amide bonds. The van der Waals surface area contributed by atoms with Crippen molar-refractivity contribution in [3.63, 3.8) is 0 Å². The molecule has 7 nitrogen and oxygen atoms in total. The minimum atomic E-state index is -4.86. The zero-order chi connectivity index (χ0) is 23.6. The van der Waals surface area contributed by atoms with E-state index in [-0.39, 0.29) is 37.7 Å². The van der Waals surface area contributed by atoms with Gasteiger partial charge in [0, 0.05) is 45.0 Å². The predicted molar refractivity (Wildman–Crippen MR) is 114 cm³/mol. The number of aromatic nitrogens is 2. The second-order valence-corrected chi connectivity index (χ2v) is 8.44. The number of thiazole rings is 1. The first kappa shape index (κ1) is 22.9. The molecule has 4 rings (SSSR count). The van der Waals surface area contributed by atoms with Crippen LogP contribution in [0, 0.1) is 0 Å². The number of carbonyl (C=O) groups is 2. The van der Waals surface area contributed by atoms with Gasteiger partial charge in [0.15, 0.2) is 10.8 Å². The highest BCUT2D eigenvalue weighted by Crippen LogP contribution is 2.38. The molecule has 174 valence electrons. The fourth-order valence-electron chi connectivity index (χ4n) is 3.42. The average Bonchev–Trinajstić information content (AvgIpc) is 3.39. The lowest BCUT2D eigenvalue weighted by molar-refractivity contribution is -0.141. The van der Waals surface area contributed by atoms with Gasteiger partial charge in [-0.15, -0.1) is 0 Å². The van der Waals surface area contributed by atoms with Crippen molar-refractivity contribution in [3.8, 4) is 0 Å². The monoisotopic (exact) mass is 481 g/mol. The molecule has 1 aliphatic carbocycles. The van der Waals surface area contributed by atoms with E-state index in [1.54, 1.807) is 24.3 Å². The smallest absolute Gasteiger partial charge is 0.347 e. The van der Waals surface area contributed by atoms with Crippen molar-refractivity contribution in [2.45, 2.75) is 25.3 Å². The van der Waals surface area contributed by atoms with Crippen molar-refractivity contribution in [3.05, 3.63) is 64.5 Å². The van der Waals surface area contributed by atoms with Crippen molar-refractivity contribution in [2.75, 3.05) is 24.5 Å². The lowest BCUT2D eigenvalue weighted by atomic mass is 10.1. The first-order chi connectivity index (χ1) is 15.7. The molecule has 3 heterocycles. The van der Waals surface area contributed by atoms with E-state index < -0.39 is 34.9 Å². The Bertz CT molecular complexity index is 1100. The average molecular weight is 481 g/mol. The lowest BCUT2D eigenvalue weighted by Gasteiger charge is -2.19. The quantitative estimate of drug-likeness (QED) is 0.634. The number of pyridine rings is 1. The zero-order valence-electron chi connectivity index (χ0n) is 17.2. The van der Waals surface area contributed by atoms with Crippen molar-refractivity contribution < 1.29 is 27.2 Å². The standard InChI is InChI=1S/C21H19F4N5O2S/c22-15-5-3-13(4-6-15)12-29-8-9-30(20(29)32)19-28-17(21(23,24)25)16(33-19)18(31)27-11-14-2-1-7-26-10-14/h1-5,7,10,15H,6,8-9,11-12H2,(H,27,31). The maximum atomic E-state index is 13.6. The summed E-state index contributed by atoms with van der Waals surface area (Å²) in [6.45, 7) is 0.611. The SMILES string of the molecule is O=C(NCc1cccnc1)c1sc(N2CCN(CC3=CCC(F)C=C3)C2=O)nc1C(F)(F)F. The van der Waals surface area contributed by atoms with Gasteiger partial charge in [-0.2, -0.15) is 13.2 Å². The van der Waals surface area contributed by atoms with Crippen molar-refractivity contribution in [2.24, 2.45) is 0 Å². The Hall–Kier alpha value is -3.28. The third kappa shape index (κ3) is 5.21. The Balaban J connectivity index is 1.50. The highest BCUT2D eigenvalue weighted by Gasteiger charge is 2.42. The maximum absolute atomic E-state index is 13.6. The molecule has 0 aromatic carbocycles. The summed E-state index contributed by atoms with van der Waals surface area (Å²) in [5.41, 5.74) is 0.0497. The molecule has 2 aliphatic rings. The van der Waals surface area contributed by atoms with Crippen LogP contribution in [0.1, 0.15) is 27.3 Å². The van der Waals surface area contributed by atoms with Gasteiger partial charge in [0.1, 0.15) is 11.0 Å². The lowest BCUT2D eigenvalue weighted by Crippen LogP contribution is -2.33. The summed E-state index contributed by atoms with van der Waals surface area (Å²) in [7, 11) is 0. The van der Waals surface area contributed by atoms with Gasteiger partial charge in [-0.05, 0) is 17.2 Å². The molecule has 0 saturated carbocycles. The van der Waals surface area contributed by atoms with Crippen LogP contribution in [-0.4, -0.2) is 52.6 Å². The Morgan fingerprint density at radius 1 is 1.30 bits per heavy atom. The summed E-state index contributed by atoms with van der Waals surface area (Å²) in [6, 6.07) is 2.81. The van der Waals surface area contributed by atoms with Crippen LogP contribution in [0.4, 0.5) is 27.5 Å². The molecule has 0 spiro atoms. The predicted octanol–water partition coefficient (Wildman–Crippen LogP) is 3.95. The molecule has 1 aliphatic heterocycles. The van der Waals surface area contributed by atoms with Gasteiger partial charge < -0.3 is 10.2 Å². The van der Waals surface area contributed by atoms with Gasteiger partial charge in [0.2, 0.25) is 0 Å². The summed E-state index contributed by atoms with van der Waals surface area (Å²) < 4.78 is 54.0. The van der Waals surface area contributed by atoms with Crippen molar-refractivity contribution >= 4 is 28.4 Å². The van der Waals surface area contributed by atoms with E-state index in [0.29, 0.717) is 16.9 Å². The number of hydrogen-bond acceptors (Lipinski definition) is 5. The van der Waals surface area contributed by atoms with Gasteiger partial charge in [0.05, 0.1) is 0 Å². The number of alkyl halides is 4. The van der Waals surface area contributed by atoms with Crippen LogP contribution in [0.3, 0.4) is 0 Å². The Labute approximate surface area is 190 Å². The third-order valence-electron chi connectivity index (χ3n) is 5.09. The number of rotatable bonds is 6. The molecule has 0 bridgehead atoms. The van der Waals surface area contributed by atoms with Crippen LogP contribution in [-0.2, 0) is 12.7 Å². The van der Waals surface area contributed by atoms with Crippen molar-refractivity contribution in [1.82, 2.24) is 20.2 Å². The number of urea groups is 1. The molecule has 0 radical (unpaired) electrons. The summed E-state index contributed by atoms with van der Waals surface area (Å²) in [5, 5.41) is 2.25. The van der Waals surface area contributed by atoms with Gasteiger partial charge in [-0.3, -0.25) is 14.7 Å². The first-order valence-corrected chi connectivity index (χ1v) is 10.9. The summed E-state index contributed by atoms with van der Waals surface area (Å²) in [6.07, 6.45) is 2.02. The van der Waals surface area contributed by atoms with E-state index in [1.165, 1.54) is 23.4 Å². The topological polar surface area (TPSA) is 78.4 Å². The van der Waals surface area contributed by atoms with Crippen LogP contribution in [0.25, 0.3) is 0 Å². The van der Waals surface area contributed by atoms with E-state index in [1.807, 2.05) is 0 Å². The number of carbonyl (C=O) groups excluding carboxylic acids is 2. The third-order valence-corrected chi connectivity index (χ3v) is 6.17. The van der Waals surface area contributed by atoms with Crippen LogP contribution >= 0.6 is 11.3 Å². The molecule has 1 N–H and O–H groups in total. The normalized spacial score (nSPS) is 18.6. The summed E-state index contributed by atoms with van der Waals surface area (Å²) >= 11 is 0.520. The molecular formula is C21H19F4N5O2S. The van der Waals surface area contributed by atoms with E-state index in [4.69, 9.17) is 0 Å². The molecule has 1 unspecified atom stereocenters. The highest BCUT2D eigenvalue weighted by molar-refractivity contribution is 7.17. The Morgan fingerprint density at radius 3 is 2.79 bits per heavy atom. The number of allylic oxidation sites excluding steroid dienone is 2. The number of nitrogens with zero attached hydrogens (tertiary/aromatic N) is 4. The summed E-state index contributed by atoms with van der Waals surface area (Å²) in [5.74, 6) is -0.934. The van der Waals surface area contributed by atoms with E-state index in [9.17, 15) is 27.2 Å². The Kier molecular flexibility index (Phi) is 6.45. The number of hydrogen-bond donors (Lipinski definition) is 1. The minimum Gasteiger partial charge on any atom is -0.347 e. The molecule has 12 heteroatoms. The van der Waals surface area contributed by atoms with Gasteiger partial charge in [-0.1, -0.05) is 35.6 Å². The van der Waals surface area contributed by atoms with E-state index >= 15 is 0 Å².